The number of hydrogen-bond donors (Lipinski definition) is 2. The van der Waals surface area contributed by atoms with E-state index >= 15 is 0 Å². The van der Waals surface area contributed by atoms with Gasteiger partial charge >= 0.3 is 0 Å². The van der Waals surface area contributed by atoms with E-state index in [9.17, 15) is 13.2 Å². The second-order valence-electron chi connectivity index (χ2n) is 10.1. The number of nitrogens with one attached hydrogen (secondary N) is 2. The Hall–Kier alpha value is -2.65. The number of sulfone groups is 1. The first-order valence-electron chi connectivity index (χ1n) is 12.2. The highest BCUT2D eigenvalue weighted by atomic mass is 32.2. The third kappa shape index (κ3) is 3.24. The number of H-pyrrole nitrogens is 1. The topological polar surface area (TPSA) is 106 Å². The second kappa shape index (κ2) is 7.95. The van der Waals surface area contributed by atoms with Gasteiger partial charge in [-0.15, -0.1) is 0 Å². The summed E-state index contributed by atoms with van der Waals surface area (Å²) in [5.41, 5.74) is 2.21. The molecule has 1 saturated carbocycles. The van der Waals surface area contributed by atoms with Gasteiger partial charge < -0.3 is 15.0 Å². The quantitative estimate of drug-likeness (QED) is 0.582. The van der Waals surface area contributed by atoms with Crippen molar-refractivity contribution in [3.8, 4) is 0 Å². The minimum atomic E-state index is -3.40. The van der Waals surface area contributed by atoms with Crippen molar-refractivity contribution in [2.45, 2.75) is 67.6 Å². The van der Waals surface area contributed by atoms with E-state index in [-0.39, 0.29) is 11.6 Å². The maximum absolute atomic E-state index is 13.3. The Morgan fingerprint density at radius 3 is 2.76 bits per heavy atom. The molecule has 3 aliphatic rings. The molecule has 34 heavy (non-hydrogen) atoms. The van der Waals surface area contributed by atoms with Crippen molar-refractivity contribution < 1.29 is 13.2 Å². The molecule has 180 valence electrons. The zero-order chi connectivity index (χ0) is 23.5. The van der Waals surface area contributed by atoms with Crippen LogP contribution in [-0.2, 0) is 21.0 Å². The van der Waals surface area contributed by atoms with Crippen LogP contribution in [0.2, 0.25) is 0 Å². The Kier molecular flexibility index (Phi) is 5.11. The van der Waals surface area contributed by atoms with Crippen molar-refractivity contribution in [1.29, 1.82) is 0 Å². The summed E-state index contributed by atoms with van der Waals surface area (Å²) in [6.07, 6.45) is 7.82. The lowest BCUT2D eigenvalue weighted by Crippen LogP contribution is -2.41. The molecule has 4 heterocycles. The molecule has 1 saturated heterocycles. The smallest absolute Gasteiger partial charge is 0.261 e. The fourth-order valence-corrected chi connectivity index (χ4v) is 8.40. The number of pyridine rings is 1. The highest BCUT2D eigenvalue weighted by molar-refractivity contribution is 7.93. The molecule has 0 radical (unpaired) electrons. The van der Waals surface area contributed by atoms with Gasteiger partial charge in [-0.05, 0) is 67.9 Å². The van der Waals surface area contributed by atoms with E-state index in [1.54, 1.807) is 18.3 Å². The summed E-state index contributed by atoms with van der Waals surface area (Å²) in [5.74, 6) is 1.00. The number of benzene rings is 1. The molecule has 2 N–H and O–H groups in total. The first-order chi connectivity index (χ1) is 16.4. The first kappa shape index (κ1) is 21.9. The van der Waals surface area contributed by atoms with E-state index in [2.05, 4.69) is 17.2 Å². The van der Waals surface area contributed by atoms with Gasteiger partial charge in [-0.3, -0.25) is 9.48 Å². The average Bonchev–Trinajstić information content (AvgIpc) is 3.28. The normalized spacial score (nSPS) is 25.4. The van der Waals surface area contributed by atoms with E-state index in [1.807, 2.05) is 16.8 Å². The van der Waals surface area contributed by atoms with Crippen LogP contribution in [-0.4, -0.2) is 41.1 Å². The Morgan fingerprint density at radius 2 is 1.97 bits per heavy atom. The molecule has 9 heteroatoms. The lowest BCUT2D eigenvalue weighted by molar-refractivity contribution is 0.0758. The number of anilines is 2. The molecule has 1 spiro atoms. The average molecular weight is 483 g/mol. The van der Waals surface area contributed by atoms with E-state index in [0.717, 1.165) is 36.0 Å². The summed E-state index contributed by atoms with van der Waals surface area (Å²) in [6.45, 7) is 3.21. The van der Waals surface area contributed by atoms with Gasteiger partial charge in [-0.25, -0.2) is 8.42 Å². The monoisotopic (exact) mass is 482 g/mol. The maximum atomic E-state index is 13.3. The van der Waals surface area contributed by atoms with Crippen LogP contribution in [0.25, 0.3) is 10.9 Å². The number of aromatic nitrogens is 3. The van der Waals surface area contributed by atoms with E-state index < -0.39 is 14.6 Å². The molecule has 0 unspecified atom stereocenters. The fourth-order valence-electron chi connectivity index (χ4n) is 6.16. The fraction of sp³-hybridized carbons (Fsp3) is 0.520. The van der Waals surface area contributed by atoms with E-state index in [1.165, 1.54) is 6.42 Å². The molecule has 2 aliphatic heterocycles. The number of hydrogen-bond acceptors (Lipinski definition) is 6. The molecule has 2 aromatic heterocycles. The van der Waals surface area contributed by atoms with Gasteiger partial charge in [0.25, 0.3) is 5.56 Å². The van der Waals surface area contributed by atoms with Crippen molar-refractivity contribution in [2.75, 3.05) is 18.5 Å². The number of nitrogens with zero attached hydrogens (tertiary/aromatic N) is 2. The van der Waals surface area contributed by atoms with Crippen LogP contribution in [0.5, 0.6) is 0 Å². The molecule has 1 aliphatic carbocycles. The standard InChI is InChI=1S/C25H30N4O4S/c1-16-4-2-3-5-19(16)29-20-8-11-26-24(30)22(20)23(28-29)27-18-6-7-21-17(14-18)15-25(34(21,31)32)9-12-33-13-10-25/h6-8,11,14,16,19H,2-5,9-10,12-13,15H2,1H3,(H,26,30)(H,27,28)/t16-,19-/m0/s1. The first-order valence-corrected chi connectivity index (χ1v) is 13.7. The molecule has 0 bridgehead atoms. The molecule has 3 aromatic rings. The Bertz CT molecular complexity index is 1420. The Labute approximate surface area is 198 Å². The Morgan fingerprint density at radius 1 is 1.18 bits per heavy atom. The lowest BCUT2D eigenvalue weighted by atomic mass is 9.86. The summed E-state index contributed by atoms with van der Waals surface area (Å²) in [7, 11) is -3.40. The molecule has 0 amide bonds. The molecule has 8 nitrogen and oxygen atoms in total. The predicted molar refractivity (Wildman–Crippen MR) is 130 cm³/mol. The number of fused-ring (bicyclic) bond motifs is 2. The highest BCUT2D eigenvalue weighted by Crippen LogP contribution is 2.46. The second-order valence-corrected chi connectivity index (χ2v) is 12.4. The molecule has 2 fully saturated rings. The minimum Gasteiger partial charge on any atom is -0.381 e. The van der Waals surface area contributed by atoms with E-state index in [4.69, 9.17) is 9.84 Å². The third-order valence-corrected chi connectivity index (χ3v) is 10.8. The van der Waals surface area contributed by atoms with Gasteiger partial charge in [-0.2, -0.15) is 5.10 Å². The van der Waals surface area contributed by atoms with Crippen LogP contribution >= 0.6 is 0 Å². The number of aromatic amines is 1. The summed E-state index contributed by atoms with van der Waals surface area (Å²) >= 11 is 0. The molecule has 6 rings (SSSR count). The highest BCUT2D eigenvalue weighted by Gasteiger charge is 2.51. The van der Waals surface area contributed by atoms with Gasteiger partial charge in [0, 0.05) is 25.1 Å². The van der Waals surface area contributed by atoms with Crippen molar-refractivity contribution in [1.82, 2.24) is 14.8 Å². The Balaban J connectivity index is 1.39. The molecular weight excluding hydrogens is 452 g/mol. The van der Waals surface area contributed by atoms with Crippen molar-refractivity contribution in [3.63, 3.8) is 0 Å². The van der Waals surface area contributed by atoms with Gasteiger partial charge in [0.15, 0.2) is 15.7 Å². The number of ether oxygens (including phenoxy) is 1. The number of rotatable bonds is 3. The van der Waals surface area contributed by atoms with Crippen molar-refractivity contribution >= 4 is 32.2 Å². The van der Waals surface area contributed by atoms with Crippen molar-refractivity contribution in [3.05, 3.63) is 46.4 Å². The van der Waals surface area contributed by atoms with Crippen LogP contribution in [0.15, 0.2) is 40.2 Å². The van der Waals surface area contributed by atoms with Crippen LogP contribution in [0.3, 0.4) is 0 Å². The van der Waals surface area contributed by atoms with Gasteiger partial charge in [-0.1, -0.05) is 19.8 Å². The van der Waals surface area contributed by atoms with Gasteiger partial charge in [0.2, 0.25) is 0 Å². The summed E-state index contributed by atoms with van der Waals surface area (Å²) < 4.78 is 33.4. The molecular formula is C25H30N4O4S. The SMILES string of the molecule is C[C@H]1CCCC[C@@H]1n1nc(Nc2ccc3c(c2)CC2(CCOCC2)S3(=O)=O)c2c(=O)[nH]ccc21. The van der Waals surface area contributed by atoms with Crippen LogP contribution in [0.1, 0.15) is 57.1 Å². The third-order valence-electron chi connectivity index (χ3n) is 8.11. The van der Waals surface area contributed by atoms with E-state index in [0.29, 0.717) is 54.5 Å². The van der Waals surface area contributed by atoms with Crippen LogP contribution < -0.4 is 10.9 Å². The van der Waals surface area contributed by atoms with Crippen molar-refractivity contribution in [2.24, 2.45) is 5.92 Å². The lowest BCUT2D eigenvalue weighted by Gasteiger charge is -2.31. The largest absolute Gasteiger partial charge is 0.381 e. The molecule has 2 atom stereocenters. The maximum Gasteiger partial charge on any atom is 0.261 e. The summed E-state index contributed by atoms with van der Waals surface area (Å²) in [5, 5.41) is 8.75. The van der Waals surface area contributed by atoms with Crippen LogP contribution in [0, 0.1) is 5.92 Å². The molecule has 1 aromatic carbocycles. The predicted octanol–water partition coefficient (Wildman–Crippen LogP) is 4.10. The zero-order valence-corrected chi connectivity index (χ0v) is 20.2. The summed E-state index contributed by atoms with van der Waals surface area (Å²) in [4.78, 5) is 16.0. The summed E-state index contributed by atoms with van der Waals surface area (Å²) in [6, 6.07) is 7.55. The van der Waals surface area contributed by atoms with Gasteiger partial charge in [0.05, 0.1) is 21.2 Å². The zero-order valence-electron chi connectivity index (χ0n) is 19.3. The minimum absolute atomic E-state index is 0.181. The van der Waals surface area contributed by atoms with Crippen LogP contribution in [0.4, 0.5) is 11.5 Å². The van der Waals surface area contributed by atoms with Gasteiger partial charge in [0.1, 0.15) is 5.39 Å².